The summed E-state index contributed by atoms with van der Waals surface area (Å²) in [5.74, 6) is -3.54. The lowest BCUT2D eigenvalue weighted by Crippen LogP contribution is -2.36. The number of carbonyl (C=O) groups excluding carboxylic acids is 1. The molecule has 0 aliphatic heterocycles. The van der Waals surface area contributed by atoms with Gasteiger partial charge in [-0.15, -0.1) is 0 Å². The number of rotatable bonds is 20. The number of allylic oxidation sites excluding steroid dienone is 1. The van der Waals surface area contributed by atoms with Crippen molar-refractivity contribution in [3.8, 4) is 0 Å². The van der Waals surface area contributed by atoms with Crippen LogP contribution in [0, 0.1) is 0 Å². The van der Waals surface area contributed by atoms with Crippen LogP contribution in [0.5, 0.6) is 0 Å². The van der Waals surface area contributed by atoms with Crippen LogP contribution in [-0.2, 0) is 29.2 Å². The summed E-state index contributed by atoms with van der Waals surface area (Å²) in [6.45, 7) is 2.06. The maximum atomic E-state index is 12.2. The van der Waals surface area contributed by atoms with Gasteiger partial charge in [0.15, 0.2) is 5.25 Å². The highest BCUT2D eigenvalue weighted by atomic mass is 32.2. The van der Waals surface area contributed by atoms with Crippen LogP contribution in [-0.4, -0.2) is 52.4 Å². The molecule has 0 aliphatic rings. The molecular formula is C22H38O9S. The maximum absolute atomic E-state index is 12.2. The number of carboxylic acids is 2. The van der Waals surface area contributed by atoms with Crippen molar-refractivity contribution in [2.75, 3.05) is 0 Å². The molecule has 2 atom stereocenters. The van der Waals surface area contributed by atoms with Crippen LogP contribution < -0.4 is 0 Å². The molecule has 0 heterocycles. The number of carboxylic acid groups (broad SMARTS) is 2. The highest BCUT2D eigenvalue weighted by Crippen LogP contribution is 2.16. The molecule has 3 N–H and O–H groups in total. The lowest BCUT2D eigenvalue weighted by Gasteiger charge is -2.19. The zero-order valence-electron chi connectivity index (χ0n) is 18.9. The van der Waals surface area contributed by atoms with Crippen molar-refractivity contribution >= 4 is 28.0 Å². The molecule has 186 valence electrons. The molecule has 0 aromatic carbocycles. The summed E-state index contributed by atoms with van der Waals surface area (Å²) in [5, 5.41) is 15.3. The van der Waals surface area contributed by atoms with Gasteiger partial charge in [0, 0.05) is 12.8 Å². The minimum atomic E-state index is -4.89. The largest absolute Gasteiger partial charge is 0.481 e. The Labute approximate surface area is 191 Å². The van der Waals surface area contributed by atoms with Crippen LogP contribution in [0.15, 0.2) is 12.2 Å². The van der Waals surface area contributed by atoms with Crippen LogP contribution >= 0.6 is 0 Å². The average Bonchev–Trinajstić information content (AvgIpc) is 2.69. The smallest absolute Gasteiger partial charge is 0.327 e. The Morgan fingerprint density at radius 1 is 0.875 bits per heavy atom. The summed E-state index contributed by atoms with van der Waals surface area (Å²) in [5.41, 5.74) is 0. The molecule has 0 aromatic heterocycles. The Bertz CT molecular complexity index is 686. The van der Waals surface area contributed by atoms with Gasteiger partial charge in [-0.25, -0.2) is 0 Å². The van der Waals surface area contributed by atoms with E-state index in [1.54, 1.807) is 0 Å². The van der Waals surface area contributed by atoms with Crippen molar-refractivity contribution in [3.63, 3.8) is 0 Å². The predicted octanol–water partition coefficient (Wildman–Crippen LogP) is 4.36. The summed E-state index contributed by atoms with van der Waals surface area (Å²) in [4.78, 5) is 33.5. The molecule has 32 heavy (non-hydrogen) atoms. The topological polar surface area (TPSA) is 155 Å². The van der Waals surface area contributed by atoms with Gasteiger partial charge in [-0.1, -0.05) is 57.6 Å². The quantitative estimate of drug-likeness (QED) is 0.100. The van der Waals surface area contributed by atoms with E-state index in [0.29, 0.717) is 19.3 Å². The number of aliphatic carboxylic acids is 2. The Kier molecular flexibility index (Phi) is 16.5. The van der Waals surface area contributed by atoms with E-state index in [1.165, 1.54) is 0 Å². The Morgan fingerprint density at radius 2 is 1.50 bits per heavy atom. The standard InChI is InChI=1S/C22H38O9S/c1-2-3-4-11-14-18(31-22(27)19(17-21(25)26)32(28,29)30)15-12-9-7-5-6-8-10-13-16-20(23)24/h9,12,18-19H,2-8,10-11,13-17H2,1H3,(H,23,24)(H,25,26)(H,28,29,30)/b12-9-/t18-,19?/m1/s1. The Hall–Kier alpha value is -1.94. The molecule has 0 fully saturated rings. The number of hydrogen-bond donors (Lipinski definition) is 3. The Balaban J connectivity index is 4.60. The van der Waals surface area contributed by atoms with Crippen LogP contribution in [0.4, 0.5) is 0 Å². The molecule has 0 amide bonds. The fraction of sp³-hybridized carbons (Fsp3) is 0.773. The monoisotopic (exact) mass is 478 g/mol. The van der Waals surface area contributed by atoms with E-state index < -0.39 is 45.8 Å². The molecule has 0 bridgehead atoms. The fourth-order valence-corrected chi connectivity index (χ4v) is 3.82. The zero-order chi connectivity index (χ0) is 24.4. The van der Waals surface area contributed by atoms with Crippen LogP contribution in [0.3, 0.4) is 0 Å². The lowest BCUT2D eigenvalue weighted by atomic mass is 10.1. The first kappa shape index (κ1) is 30.1. The zero-order valence-corrected chi connectivity index (χ0v) is 19.7. The number of carbonyl (C=O) groups is 3. The predicted molar refractivity (Wildman–Crippen MR) is 120 cm³/mol. The van der Waals surface area contributed by atoms with Crippen molar-refractivity contribution < 1.29 is 42.3 Å². The lowest BCUT2D eigenvalue weighted by molar-refractivity contribution is -0.151. The third kappa shape index (κ3) is 16.7. The SMILES string of the molecule is CCCCCC[C@H](C/C=C\CCCCCCCC(=O)O)OC(=O)C(CC(=O)O)S(=O)(=O)O. The van der Waals surface area contributed by atoms with E-state index in [0.717, 1.165) is 57.8 Å². The summed E-state index contributed by atoms with van der Waals surface area (Å²) < 4.78 is 37.3. The van der Waals surface area contributed by atoms with E-state index >= 15 is 0 Å². The molecule has 1 unspecified atom stereocenters. The van der Waals surface area contributed by atoms with Crippen molar-refractivity contribution in [2.24, 2.45) is 0 Å². The summed E-state index contributed by atoms with van der Waals surface area (Å²) in [7, 11) is -4.89. The third-order valence-corrected chi connectivity index (χ3v) is 6.05. The first-order valence-electron chi connectivity index (χ1n) is 11.3. The first-order valence-corrected chi connectivity index (χ1v) is 12.8. The minimum absolute atomic E-state index is 0.198. The second-order valence-corrected chi connectivity index (χ2v) is 9.52. The normalized spacial score (nSPS) is 13.7. The van der Waals surface area contributed by atoms with Gasteiger partial charge in [-0.3, -0.25) is 18.9 Å². The van der Waals surface area contributed by atoms with Crippen molar-refractivity contribution in [3.05, 3.63) is 12.2 Å². The first-order chi connectivity index (χ1) is 15.1. The van der Waals surface area contributed by atoms with Crippen molar-refractivity contribution in [1.82, 2.24) is 0 Å². The summed E-state index contributed by atoms with van der Waals surface area (Å²) in [6, 6.07) is 0. The average molecular weight is 479 g/mol. The number of ether oxygens (including phenoxy) is 1. The number of esters is 1. The molecule has 0 saturated heterocycles. The van der Waals surface area contributed by atoms with Crippen molar-refractivity contribution in [1.29, 1.82) is 0 Å². The third-order valence-electron chi connectivity index (χ3n) is 4.97. The second-order valence-electron chi connectivity index (χ2n) is 7.92. The maximum Gasteiger partial charge on any atom is 0.327 e. The molecule has 0 saturated carbocycles. The van der Waals surface area contributed by atoms with E-state index in [4.69, 9.17) is 14.9 Å². The Morgan fingerprint density at radius 3 is 2.09 bits per heavy atom. The molecular weight excluding hydrogens is 440 g/mol. The molecule has 10 heteroatoms. The van der Waals surface area contributed by atoms with Gasteiger partial charge in [-0.2, -0.15) is 8.42 Å². The number of hydrogen-bond acceptors (Lipinski definition) is 6. The van der Waals surface area contributed by atoms with Gasteiger partial charge < -0.3 is 14.9 Å². The molecule has 0 aromatic rings. The van der Waals surface area contributed by atoms with Gasteiger partial charge in [0.2, 0.25) is 0 Å². The van der Waals surface area contributed by atoms with E-state index in [9.17, 15) is 27.4 Å². The van der Waals surface area contributed by atoms with Gasteiger partial charge in [-0.05, 0) is 32.1 Å². The van der Waals surface area contributed by atoms with E-state index in [1.807, 2.05) is 12.2 Å². The molecule has 0 radical (unpaired) electrons. The van der Waals surface area contributed by atoms with Crippen LogP contribution in [0.2, 0.25) is 0 Å². The second kappa shape index (κ2) is 17.6. The van der Waals surface area contributed by atoms with Crippen LogP contribution in [0.1, 0.15) is 96.8 Å². The van der Waals surface area contributed by atoms with Gasteiger partial charge in [0.05, 0.1) is 6.42 Å². The number of unbranched alkanes of at least 4 members (excludes halogenated alkanes) is 8. The van der Waals surface area contributed by atoms with Crippen LogP contribution in [0.25, 0.3) is 0 Å². The van der Waals surface area contributed by atoms with Gasteiger partial charge in [0.25, 0.3) is 10.1 Å². The highest BCUT2D eigenvalue weighted by Gasteiger charge is 2.36. The fourth-order valence-electron chi connectivity index (χ4n) is 3.17. The minimum Gasteiger partial charge on any atom is -0.481 e. The van der Waals surface area contributed by atoms with Gasteiger partial charge in [0.1, 0.15) is 6.10 Å². The molecule has 9 nitrogen and oxygen atoms in total. The molecule has 0 spiro atoms. The highest BCUT2D eigenvalue weighted by molar-refractivity contribution is 7.87. The van der Waals surface area contributed by atoms with Crippen molar-refractivity contribution in [2.45, 2.75) is 108 Å². The molecule has 0 aliphatic carbocycles. The van der Waals surface area contributed by atoms with E-state index in [2.05, 4.69) is 6.92 Å². The summed E-state index contributed by atoms with van der Waals surface area (Å²) in [6.07, 6.45) is 12.4. The molecule has 0 rings (SSSR count). The summed E-state index contributed by atoms with van der Waals surface area (Å²) >= 11 is 0. The van der Waals surface area contributed by atoms with E-state index in [-0.39, 0.29) is 6.42 Å². The van der Waals surface area contributed by atoms with Gasteiger partial charge >= 0.3 is 17.9 Å².